The number of hydrogen-bond donors (Lipinski definition) is 2. The van der Waals surface area contributed by atoms with Gasteiger partial charge in [0.15, 0.2) is 0 Å². The number of rotatable bonds is 8. The molecule has 12 heteroatoms. The highest BCUT2D eigenvalue weighted by molar-refractivity contribution is 7.89. The van der Waals surface area contributed by atoms with Crippen molar-refractivity contribution in [2.75, 3.05) is 44.6 Å². The normalized spacial score (nSPS) is 19.7. The number of nitrogens with zero attached hydrogens (tertiary/aromatic N) is 3. The number of halogens is 2. The van der Waals surface area contributed by atoms with Crippen LogP contribution in [0.1, 0.15) is 19.8 Å². The molecule has 0 bridgehead atoms. The van der Waals surface area contributed by atoms with Gasteiger partial charge in [-0.05, 0) is 67.4 Å². The lowest BCUT2D eigenvalue weighted by atomic mass is 10.1. The van der Waals surface area contributed by atoms with Gasteiger partial charge in [-0.3, -0.25) is 9.69 Å². The van der Waals surface area contributed by atoms with Crippen LogP contribution in [-0.2, 0) is 14.8 Å². The summed E-state index contributed by atoms with van der Waals surface area (Å²) in [5, 5.41) is 6.41. The van der Waals surface area contributed by atoms with Crippen molar-refractivity contribution in [2.45, 2.75) is 36.7 Å². The summed E-state index contributed by atoms with van der Waals surface area (Å²) < 4.78 is 29.1. The monoisotopic (exact) mass is 643 g/mol. The van der Waals surface area contributed by atoms with Gasteiger partial charge in [-0.2, -0.15) is 4.31 Å². The summed E-state index contributed by atoms with van der Waals surface area (Å²) in [5.74, 6) is -0.431. The van der Waals surface area contributed by atoms with Crippen molar-refractivity contribution in [2.24, 2.45) is 0 Å². The first-order valence-corrected chi connectivity index (χ1v) is 16.6. The van der Waals surface area contributed by atoms with E-state index in [2.05, 4.69) is 22.5 Å². The summed E-state index contributed by atoms with van der Waals surface area (Å²) in [6, 6.07) is 19.7. The fourth-order valence-corrected chi connectivity index (χ4v) is 7.56. The van der Waals surface area contributed by atoms with Crippen molar-refractivity contribution in [1.82, 2.24) is 19.4 Å². The number of urea groups is 1. The van der Waals surface area contributed by atoms with E-state index >= 15 is 0 Å². The number of carbonyl (C=O) groups is 2. The second-order valence-electron chi connectivity index (χ2n) is 10.7. The van der Waals surface area contributed by atoms with Crippen molar-refractivity contribution in [3.05, 3.63) is 82.8 Å². The molecular weight excluding hydrogens is 609 g/mol. The molecule has 228 valence electrons. The SMILES string of the molecule is CCN1CCCC1CNC(=O)C1CN(C(=O)Nc2ccc(Cl)c(Cl)c2)CCN1S(=O)(=O)c1ccc(-c2ccccc2)cc1. The molecule has 0 aromatic heterocycles. The van der Waals surface area contributed by atoms with Gasteiger partial charge in [0.05, 0.1) is 14.9 Å². The summed E-state index contributed by atoms with van der Waals surface area (Å²) in [7, 11) is -4.05. The van der Waals surface area contributed by atoms with Crippen molar-refractivity contribution >= 4 is 50.9 Å². The van der Waals surface area contributed by atoms with E-state index in [1.807, 2.05) is 30.3 Å². The molecule has 5 rings (SSSR count). The van der Waals surface area contributed by atoms with E-state index in [1.165, 1.54) is 15.3 Å². The number of carbonyl (C=O) groups excluding carboxylic acids is 2. The third-order valence-corrected chi connectivity index (χ3v) is 10.7. The number of likely N-dealkylation sites (tertiary alicyclic amines) is 1. The third kappa shape index (κ3) is 7.16. The molecule has 2 heterocycles. The highest BCUT2D eigenvalue weighted by Gasteiger charge is 2.41. The lowest BCUT2D eigenvalue weighted by Gasteiger charge is -2.39. The molecule has 0 spiro atoms. The van der Waals surface area contributed by atoms with Crippen LogP contribution < -0.4 is 10.6 Å². The second kappa shape index (κ2) is 13.7. The Morgan fingerprint density at radius 2 is 1.63 bits per heavy atom. The molecule has 3 aromatic rings. The zero-order valence-electron chi connectivity index (χ0n) is 23.9. The Hall–Kier alpha value is -3.15. The van der Waals surface area contributed by atoms with Crippen LogP contribution in [0.2, 0.25) is 10.0 Å². The van der Waals surface area contributed by atoms with E-state index in [-0.39, 0.29) is 30.6 Å². The third-order valence-electron chi connectivity index (χ3n) is 8.08. The number of sulfonamides is 1. The highest BCUT2D eigenvalue weighted by atomic mass is 35.5. The molecule has 2 unspecified atom stereocenters. The van der Waals surface area contributed by atoms with Gasteiger partial charge in [-0.1, -0.05) is 72.6 Å². The van der Waals surface area contributed by atoms with E-state index in [1.54, 1.807) is 36.4 Å². The quantitative estimate of drug-likeness (QED) is 0.353. The standard InChI is InChI=1S/C31H35Cl2N5O4S/c1-2-36-16-6-9-25(36)20-34-30(39)29-21-37(31(40)35-24-12-15-27(32)28(33)19-24)17-18-38(29)43(41,42)26-13-10-23(11-14-26)22-7-4-3-5-8-22/h3-5,7-8,10-15,19,25,29H,2,6,9,16-18,20-21H2,1H3,(H,34,39)(H,35,40). The molecule has 0 aliphatic carbocycles. The van der Waals surface area contributed by atoms with E-state index in [0.717, 1.165) is 37.1 Å². The molecule has 0 radical (unpaired) electrons. The van der Waals surface area contributed by atoms with Crippen LogP contribution in [0.4, 0.5) is 10.5 Å². The lowest BCUT2D eigenvalue weighted by molar-refractivity contribution is -0.126. The Balaban J connectivity index is 1.36. The fourth-order valence-electron chi connectivity index (χ4n) is 5.69. The maximum absolute atomic E-state index is 13.9. The van der Waals surface area contributed by atoms with Gasteiger partial charge in [0.1, 0.15) is 6.04 Å². The van der Waals surface area contributed by atoms with Crippen LogP contribution in [0.15, 0.2) is 77.7 Å². The predicted molar refractivity (Wildman–Crippen MR) is 170 cm³/mol. The summed E-state index contributed by atoms with van der Waals surface area (Å²) in [6.07, 6.45) is 2.02. The van der Waals surface area contributed by atoms with E-state index in [0.29, 0.717) is 22.3 Å². The largest absolute Gasteiger partial charge is 0.353 e. The number of anilines is 1. The molecule has 3 aromatic carbocycles. The molecule has 2 saturated heterocycles. The van der Waals surface area contributed by atoms with E-state index in [4.69, 9.17) is 23.2 Å². The van der Waals surface area contributed by atoms with Gasteiger partial charge in [0.2, 0.25) is 15.9 Å². The van der Waals surface area contributed by atoms with Crippen LogP contribution in [0.25, 0.3) is 11.1 Å². The molecule has 2 fully saturated rings. The molecule has 43 heavy (non-hydrogen) atoms. The summed E-state index contributed by atoms with van der Waals surface area (Å²) in [4.78, 5) is 30.7. The molecule has 2 aliphatic heterocycles. The number of nitrogens with one attached hydrogen (secondary N) is 2. The van der Waals surface area contributed by atoms with Gasteiger partial charge in [-0.25, -0.2) is 13.2 Å². The summed E-state index contributed by atoms with van der Waals surface area (Å²) in [6.45, 7) is 4.31. The number of likely N-dealkylation sites (N-methyl/N-ethyl adjacent to an activating group) is 1. The minimum absolute atomic E-state index is 0.0415. The Kier molecular flexibility index (Phi) is 9.93. The zero-order valence-corrected chi connectivity index (χ0v) is 26.2. The highest BCUT2D eigenvalue weighted by Crippen LogP contribution is 2.28. The summed E-state index contributed by atoms with van der Waals surface area (Å²) >= 11 is 12.1. The molecule has 2 N–H and O–H groups in total. The molecule has 2 aliphatic rings. The first-order valence-electron chi connectivity index (χ1n) is 14.4. The zero-order chi connectivity index (χ0) is 30.6. The minimum atomic E-state index is -4.05. The maximum Gasteiger partial charge on any atom is 0.321 e. The van der Waals surface area contributed by atoms with Crippen LogP contribution in [0.3, 0.4) is 0 Å². The van der Waals surface area contributed by atoms with Crippen LogP contribution in [-0.4, -0.2) is 85.8 Å². The average molecular weight is 645 g/mol. The fraction of sp³-hybridized carbons (Fsp3) is 0.355. The van der Waals surface area contributed by atoms with E-state index < -0.39 is 28.0 Å². The molecule has 9 nitrogen and oxygen atoms in total. The van der Waals surface area contributed by atoms with Crippen molar-refractivity contribution < 1.29 is 18.0 Å². The Bertz CT molecular complexity index is 1560. The van der Waals surface area contributed by atoms with Crippen LogP contribution >= 0.6 is 23.2 Å². The van der Waals surface area contributed by atoms with Crippen molar-refractivity contribution in [3.63, 3.8) is 0 Å². The van der Waals surface area contributed by atoms with Gasteiger partial charge in [0, 0.05) is 37.9 Å². The topological polar surface area (TPSA) is 102 Å². The predicted octanol–water partition coefficient (Wildman–Crippen LogP) is 5.17. The van der Waals surface area contributed by atoms with Crippen LogP contribution in [0, 0.1) is 0 Å². The Labute approximate surface area is 262 Å². The van der Waals surface area contributed by atoms with Crippen molar-refractivity contribution in [1.29, 1.82) is 0 Å². The second-order valence-corrected chi connectivity index (χ2v) is 13.4. The lowest BCUT2D eigenvalue weighted by Crippen LogP contribution is -2.62. The Morgan fingerprint density at radius 1 is 0.907 bits per heavy atom. The molecular formula is C31H35Cl2N5O4S. The summed E-state index contributed by atoms with van der Waals surface area (Å²) in [5.41, 5.74) is 2.29. The number of amides is 3. The van der Waals surface area contributed by atoms with Gasteiger partial charge < -0.3 is 15.5 Å². The van der Waals surface area contributed by atoms with E-state index in [9.17, 15) is 18.0 Å². The smallest absolute Gasteiger partial charge is 0.321 e. The molecule has 2 atom stereocenters. The number of hydrogen-bond acceptors (Lipinski definition) is 5. The van der Waals surface area contributed by atoms with Crippen LogP contribution in [0.5, 0.6) is 0 Å². The minimum Gasteiger partial charge on any atom is -0.353 e. The maximum atomic E-state index is 13.9. The van der Waals surface area contributed by atoms with Crippen molar-refractivity contribution in [3.8, 4) is 11.1 Å². The number of benzene rings is 3. The molecule has 3 amide bonds. The number of piperazine rings is 1. The molecule has 0 saturated carbocycles. The first kappa shape index (κ1) is 31.3. The first-order chi connectivity index (χ1) is 20.7. The van der Waals surface area contributed by atoms with Gasteiger partial charge in [0.25, 0.3) is 0 Å². The van der Waals surface area contributed by atoms with Gasteiger partial charge >= 0.3 is 6.03 Å². The average Bonchev–Trinajstić information content (AvgIpc) is 3.49. The Morgan fingerprint density at radius 3 is 2.33 bits per heavy atom. The van der Waals surface area contributed by atoms with Gasteiger partial charge in [-0.15, -0.1) is 0 Å².